The van der Waals surface area contributed by atoms with E-state index < -0.39 is 0 Å². The molecule has 0 fully saturated rings. The molecule has 1 heterocycles. The Morgan fingerprint density at radius 3 is 2.71 bits per heavy atom. The highest BCUT2D eigenvalue weighted by Gasteiger charge is 2.13. The first kappa shape index (κ1) is 12.3. The molecule has 1 N–H and O–H groups in total. The highest BCUT2D eigenvalue weighted by molar-refractivity contribution is 5.90. The highest BCUT2D eigenvalue weighted by atomic mass is 15.0. The quantitative estimate of drug-likeness (QED) is 0.772. The number of aromatic nitrogens is 2. The van der Waals surface area contributed by atoms with Crippen molar-refractivity contribution < 1.29 is 0 Å². The van der Waals surface area contributed by atoms with Crippen molar-refractivity contribution in [2.75, 3.05) is 12.4 Å². The van der Waals surface area contributed by atoms with Gasteiger partial charge in [0.1, 0.15) is 5.82 Å². The Morgan fingerprint density at radius 2 is 1.81 bits per heavy atom. The predicted octanol–water partition coefficient (Wildman–Crippen LogP) is 3.83. The Hall–Kier alpha value is -2.42. The van der Waals surface area contributed by atoms with Crippen LogP contribution in [0.25, 0.3) is 22.3 Å². The fourth-order valence-corrected chi connectivity index (χ4v) is 3.11. The maximum atomic E-state index is 4.73. The molecule has 104 valence electrons. The van der Waals surface area contributed by atoms with Crippen molar-refractivity contribution >= 4 is 16.7 Å². The molecule has 4 rings (SSSR count). The molecule has 0 atom stereocenters. The minimum atomic E-state index is 0.799. The number of hydrogen-bond donors (Lipinski definition) is 1. The molecule has 3 nitrogen and oxygen atoms in total. The molecule has 3 aromatic rings. The smallest absolute Gasteiger partial charge is 0.162 e. The van der Waals surface area contributed by atoms with Crippen LogP contribution < -0.4 is 5.32 Å². The Morgan fingerprint density at radius 1 is 0.952 bits per heavy atom. The lowest BCUT2D eigenvalue weighted by Gasteiger charge is -2.09. The lowest BCUT2D eigenvalue weighted by Crippen LogP contribution is -1.99. The van der Waals surface area contributed by atoms with Crippen LogP contribution in [0.4, 0.5) is 5.82 Å². The van der Waals surface area contributed by atoms with E-state index in [2.05, 4.69) is 23.5 Å². The number of rotatable bonds is 2. The van der Waals surface area contributed by atoms with Crippen LogP contribution in [0.15, 0.2) is 42.5 Å². The normalized spacial score (nSPS) is 13.4. The van der Waals surface area contributed by atoms with Gasteiger partial charge in [-0.05, 0) is 48.6 Å². The maximum absolute atomic E-state index is 4.73. The van der Waals surface area contributed by atoms with E-state index in [0.717, 1.165) is 28.1 Å². The summed E-state index contributed by atoms with van der Waals surface area (Å²) in [5.74, 6) is 1.68. The van der Waals surface area contributed by atoms with Gasteiger partial charge in [-0.3, -0.25) is 0 Å². The van der Waals surface area contributed by atoms with Gasteiger partial charge in [0.15, 0.2) is 5.82 Å². The standard InChI is InChI=1S/C18H17N3/c1-19-18-15-7-2-3-8-16(15)20-17(21-18)14-10-9-12-5-4-6-13(12)11-14/h2-3,7-11H,4-6H2,1H3,(H,19,20,21). The number of aryl methyl sites for hydroxylation is 2. The van der Waals surface area contributed by atoms with Crippen LogP contribution in [0.2, 0.25) is 0 Å². The minimum absolute atomic E-state index is 0.799. The van der Waals surface area contributed by atoms with Crippen LogP contribution in [0, 0.1) is 0 Å². The van der Waals surface area contributed by atoms with Crippen LogP contribution in [-0.4, -0.2) is 17.0 Å². The van der Waals surface area contributed by atoms with Crippen LogP contribution in [0.5, 0.6) is 0 Å². The summed E-state index contributed by atoms with van der Waals surface area (Å²) in [4.78, 5) is 9.42. The molecule has 0 bridgehead atoms. The zero-order chi connectivity index (χ0) is 14.2. The van der Waals surface area contributed by atoms with Gasteiger partial charge in [-0.1, -0.05) is 24.3 Å². The van der Waals surface area contributed by atoms with Crippen LogP contribution in [-0.2, 0) is 12.8 Å². The number of para-hydroxylation sites is 1. The van der Waals surface area contributed by atoms with Crippen molar-refractivity contribution in [2.45, 2.75) is 19.3 Å². The molecule has 0 radical (unpaired) electrons. The van der Waals surface area contributed by atoms with E-state index in [1.165, 1.54) is 30.4 Å². The van der Waals surface area contributed by atoms with Crippen molar-refractivity contribution in [1.82, 2.24) is 9.97 Å². The van der Waals surface area contributed by atoms with Crippen LogP contribution >= 0.6 is 0 Å². The zero-order valence-corrected chi connectivity index (χ0v) is 12.1. The van der Waals surface area contributed by atoms with Gasteiger partial charge in [-0.25, -0.2) is 9.97 Å². The number of hydrogen-bond acceptors (Lipinski definition) is 3. The summed E-state index contributed by atoms with van der Waals surface area (Å²) in [6.07, 6.45) is 3.64. The van der Waals surface area contributed by atoms with Crippen molar-refractivity contribution in [3.05, 3.63) is 53.6 Å². The first-order valence-electron chi connectivity index (χ1n) is 7.42. The van der Waals surface area contributed by atoms with Crippen molar-refractivity contribution in [3.63, 3.8) is 0 Å². The lowest BCUT2D eigenvalue weighted by molar-refractivity contribution is 0.912. The minimum Gasteiger partial charge on any atom is -0.373 e. The first-order chi connectivity index (χ1) is 10.3. The Balaban J connectivity index is 1.90. The third-order valence-electron chi connectivity index (χ3n) is 4.20. The van der Waals surface area contributed by atoms with E-state index in [1.54, 1.807) is 0 Å². The molecule has 1 aromatic heterocycles. The van der Waals surface area contributed by atoms with Crippen molar-refractivity contribution in [3.8, 4) is 11.4 Å². The van der Waals surface area contributed by atoms with Crippen LogP contribution in [0.1, 0.15) is 17.5 Å². The third-order valence-corrected chi connectivity index (χ3v) is 4.20. The average Bonchev–Trinajstić information content (AvgIpc) is 3.01. The van der Waals surface area contributed by atoms with E-state index in [9.17, 15) is 0 Å². The van der Waals surface area contributed by atoms with Gasteiger partial charge < -0.3 is 5.32 Å². The molecule has 0 amide bonds. The summed E-state index contributed by atoms with van der Waals surface area (Å²) in [7, 11) is 1.90. The number of benzene rings is 2. The summed E-state index contributed by atoms with van der Waals surface area (Å²) in [5, 5.41) is 4.24. The van der Waals surface area contributed by atoms with Gasteiger partial charge in [0.05, 0.1) is 5.52 Å². The van der Waals surface area contributed by atoms with Crippen LogP contribution in [0.3, 0.4) is 0 Å². The molecular formula is C18H17N3. The first-order valence-corrected chi connectivity index (χ1v) is 7.42. The summed E-state index contributed by atoms with van der Waals surface area (Å²) in [5.41, 5.74) is 5.02. The molecule has 3 heteroatoms. The highest BCUT2D eigenvalue weighted by Crippen LogP contribution is 2.29. The largest absolute Gasteiger partial charge is 0.373 e. The molecule has 2 aromatic carbocycles. The number of nitrogens with one attached hydrogen (secondary N) is 1. The van der Waals surface area contributed by atoms with E-state index in [-0.39, 0.29) is 0 Å². The summed E-state index contributed by atoms with van der Waals surface area (Å²) in [6, 6.07) is 14.8. The van der Waals surface area contributed by atoms with E-state index in [1.807, 2.05) is 31.3 Å². The van der Waals surface area contributed by atoms with Gasteiger partial charge in [0.25, 0.3) is 0 Å². The van der Waals surface area contributed by atoms with Gasteiger partial charge in [0, 0.05) is 18.0 Å². The molecule has 0 saturated heterocycles. The second-order valence-corrected chi connectivity index (χ2v) is 5.50. The lowest BCUT2D eigenvalue weighted by atomic mass is 10.1. The summed E-state index contributed by atoms with van der Waals surface area (Å²) < 4.78 is 0. The Kier molecular flexibility index (Phi) is 2.85. The topological polar surface area (TPSA) is 37.8 Å². The molecule has 0 aliphatic heterocycles. The molecule has 1 aliphatic carbocycles. The molecule has 0 saturated carbocycles. The predicted molar refractivity (Wildman–Crippen MR) is 86.5 cm³/mol. The van der Waals surface area contributed by atoms with E-state index >= 15 is 0 Å². The number of anilines is 1. The zero-order valence-electron chi connectivity index (χ0n) is 12.1. The molecule has 0 spiro atoms. The van der Waals surface area contributed by atoms with Gasteiger partial charge >= 0.3 is 0 Å². The summed E-state index contributed by atoms with van der Waals surface area (Å²) in [6.45, 7) is 0. The average molecular weight is 275 g/mol. The maximum Gasteiger partial charge on any atom is 0.162 e. The van der Waals surface area contributed by atoms with Crippen molar-refractivity contribution in [1.29, 1.82) is 0 Å². The SMILES string of the molecule is CNc1nc(-c2ccc3c(c2)CCC3)nc2ccccc12. The van der Waals surface area contributed by atoms with Gasteiger partial charge in [0.2, 0.25) is 0 Å². The van der Waals surface area contributed by atoms with E-state index in [4.69, 9.17) is 9.97 Å². The number of nitrogens with zero attached hydrogens (tertiary/aromatic N) is 2. The summed E-state index contributed by atoms with van der Waals surface area (Å²) >= 11 is 0. The fraction of sp³-hybridized carbons (Fsp3) is 0.222. The second kappa shape index (κ2) is 4.85. The second-order valence-electron chi connectivity index (χ2n) is 5.50. The molecule has 1 aliphatic rings. The molecular weight excluding hydrogens is 258 g/mol. The third kappa shape index (κ3) is 2.05. The molecule has 0 unspecified atom stereocenters. The van der Waals surface area contributed by atoms with Gasteiger partial charge in [-0.2, -0.15) is 0 Å². The van der Waals surface area contributed by atoms with Crippen molar-refractivity contribution in [2.24, 2.45) is 0 Å². The molecule has 21 heavy (non-hydrogen) atoms. The van der Waals surface area contributed by atoms with Gasteiger partial charge in [-0.15, -0.1) is 0 Å². The monoisotopic (exact) mass is 275 g/mol. The Bertz CT molecular complexity index is 824. The fourth-order valence-electron chi connectivity index (χ4n) is 3.11. The van der Waals surface area contributed by atoms with E-state index in [0.29, 0.717) is 0 Å². The number of fused-ring (bicyclic) bond motifs is 2. The Labute approximate surface area is 124 Å².